The molecule has 4 aliphatic rings. The Labute approximate surface area is 265 Å². The Morgan fingerprint density at radius 3 is 2.48 bits per heavy atom. The highest BCUT2D eigenvalue weighted by Gasteiger charge is 2.39. The molecule has 1 fully saturated rings. The van der Waals surface area contributed by atoms with Crippen LogP contribution in [0.5, 0.6) is 11.8 Å². The quantitative estimate of drug-likeness (QED) is 0.309. The minimum atomic E-state index is -4.55. The van der Waals surface area contributed by atoms with Gasteiger partial charge in [-0.1, -0.05) is 24.3 Å². The van der Waals surface area contributed by atoms with Gasteiger partial charge in [-0.3, -0.25) is 5.32 Å². The molecule has 4 aliphatic heterocycles. The normalized spacial score (nSPS) is 19.4. The van der Waals surface area contributed by atoms with Crippen molar-refractivity contribution in [2.45, 2.75) is 64.3 Å². The number of aromatic nitrogens is 3. The van der Waals surface area contributed by atoms with Gasteiger partial charge in [-0.15, -0.1) is 0 Å². The van der Waals surface area contributed by atoms with E-state index in [-0.39, 0.29) is 43.0 Å². The first-order chi connectivity index (χ1) is 22.1. The SMILES string of the molecule is CC(C)OC(=O)N1CCCCOc2ccc(cc2)CNc2nc(nc(OCC(F)(F)F)n2)Nc2ccc(cc2)C2OC2NCCC1. The molecule has 0 saturated carbocycles. The molecule has 6 bridgehead atoms. The number of epoxide rings is 1. The topological polar surface area (TPSA) is 135 Å². The Balaban J connectivity index is 1.29. The van der Waals surface area contributed by atoms with Crippen LogP contribution in [-0.4, -0.2) is 77.3 Å². The molecule has 248 valence electrons. The molecule has 0 aliphatic carbocycles. The summed E-state index contributed by atoms with van der Waals surface area (Å²) < 4.78 is 60.4. The maximum atomic E-state index is 12.8. The van der Waals surface area contributed by atoms with Gasteiger partial charge in [-0.2, -0.15) is 28.1 Å². The average Bonchev–Trinajstić information content (AvgIpc) is 3.79. The third-order valence-corrected chi connectivity index (χ3v) is 6.98. The van der Waals surface area contributed by atoms with Gasteiger partial charge in [0.05, 0.1) is 12.7 Å². The highest BCUT2D eigenvalue weighted by atomic mass is 19.4. The Morgan fingerprint density at radius 2 is 1.74 bits per heavy atom. The minimum Gasteiger partial charge on any atom is -0.494 e. The van der Waals surface area contributed by atoms with Gasteiger partial charge >= 0.3 is 18.3 Å². The fraction of sp³-hybridized carbons (Fsp3) is 0.484. The molecule has 0 radical (unpaired) electrons. The van der Waals surface area contributed by atoms with Gasteiger partial charge in [0.2, 0.25) is 11.9 Å². The van der Waals surface area contributed by atoms with Crippen LogP contribution in [-0.2, 0) is 16.0 Å². The summed E-state index contributed by atoms with van der Waals surface area (Å²) in [6, 6.07) is 14.3. The van der Waals surface area contributed by atoms with Crippen LogP contribution >= 0.6 is 0 Å². The van der Waals surface area contributed by atoms with Crippen molar-refractivity contribution in [3.05, 3.63) is 59.7 Å². The van der Waals surface area contributed by atoms with Crippen LogP contribution in [0.3, 0.4) is 0 Å². The van der Waals surface area contributed by atoms with Crippen molar-refractivity contribution in [2.24, 2.45) is 0 Å². The molecule has 2 aromatic carbocycles. The van der Waals surface area contributed by atoms with Gasteiger partial charge in [-0.25, -0.2) is 4.79 Å². The van der Waals surface area contributed by atoms with Gasteiger partial charge in [0, 0.05) is 25.3 Å². The highest BCUT2D eigenvalue weighted by Crippen LogP contribution is 2.37. The molecular weight excluding hydrogens is 607 g/mol. The summed E-state index contributed by atoms with van der Waals surface area (Å²) >= 11 is 0. The van der Waals surface area contributed by atoms with Crippen LogP contribution < -0.4 is 25.4 Å². The minimum absolute atomic E-state index is 0.0150. The van der Waals surface area contributed by atoms with Crippen LogP contribution in [0.25, 0.3) is 0 Å². The predicted octanol–water partition coefficient (Wildman–Crippen LogP) is 5.57. The molecule has 12 nitrogen and oxygen atoms in total. The summed E-state index contributed by atoms with van der Waals surface area (Å²) in [4.78, 5) is 26.7. The summed E-state index contributed by atoms with van der Waals surface area (Å²) in [6.07, 6.45) is -3.12. The first-order valence-electron chi connectivity index (χ1n) is 15.2. The largest absolute Gasteiger partial charge is 0.494 e. The zero-order valence-corrected chi connectivity index (χ0v) is 25.7. The lowest BCUT2D eigenvalue weighted by Gasteiger charge is -2.23. The van der Waals surface area contributed by atoms with Crippen LogP contribution in [0.15, 0.2) is 48.5 Å². The molecule has 1 aromatic heterocycles. The van der Waals surface area contributed by atoms with E-state index in [0.29, 0.717) is 37.7 Å². The van der Waals surface area contributed by atoms with E-state index in [2.05, 4.69) is 30.9 Å². The summed E-state index contributed by atoms with van der Waals surface area (Å²) in [7, 11) is 0. The third-order valence-electron chi connectivity index (χ3n) is 6.98. The lowest BCUT2D eigenvalue weighted by Crippen LogP contribution is -2.36. The number of benzene rings is 2. The van der Waals surface area contributed by atoms with Crippen LogP contribution in [0.1, 0.15) is 50.3 Å². The van der Waals surface area contributed by atoms with E-state index in [1.165, 1.54) is 0 Å². The zero-order valence-electron chi connectivity index (χ0n) is 25.7. The maximum absolute atomic E-state index is 12.8. The van der Waals surface area contributed by atoms with Crippen LogP contribution in [0, 0.1) is 0 Å². The molecule has 2 atom stereocenters. The maximum Gasteiger partial charge on any atom is 0.422 e. The van der Waals surface area contributed by atoms with Gasteiger partial charge in [-0.05, 0) is 75.0 Å². The van der Waals surface area contributed by atoms with Crippen molar-refractivity contribution >= 4 is 23.7 Å². The molecule has 46 heavy (non-hydrogen) atoms. The number of nitrogens with one attached hydrogen (secondary N) is 3. The lowest BCUT2D eigenvalue weighted by molar-refractivity contribution is -0.154. The van der Waals surface area contributed by atoms with Gasteiger partial charge in [0.1, 0.15) is 18.1 Å². The van der Waals surface area contributed by atoms with E-state index >= 15 is 0 Å². The van der Waals surface area contributed by atoms with Crippen molar-refractivity contribution < 1.29 is 36.9 Å². The molecule has 3 N–H and O–H groups in total. The average molecular weight is 646 g/mol. The Hall–Kier alpha value is -4.37. The molecular formula is C31H38F3N7O5. The number of fused-ring (bicyclic) bond motifs is 2. The van der Waals surface area contributed by atoms with E-state index in [9.17, 15) is 18.0 Å². The molecule has 5 heterocycles. The lowest BCUT2D eigenvalue weighted by atomic mass is 10.1. The van der Waals surface area contributed by atoms with Crippen LogP contribution in [0.2, 0.25) is 0 Å². The van der Waals surface area contributed by atoms with Crippen molar-refractivity contribution in [1.82, 2.24) is 25.2 Å². The summed E-state index contributed by atoms with van der Waals surface area (Å²) in [5.74, 6) is 0.745. The number of hydrogen-bond acceptors (Lipinski definition) is 11. The van der Waals surface area contributed by atoms with Gasteiger partial charge < -0.3 is 34.5 Å². The fourth-order valence-corrected chi connectivity index (χ4v) is 4.67. The number of hydrogen-bond donors (Lipinski definition) is 3. The Kier molecular flexibility index (Phi) is 11.0. The number of anilines is 3. The molecule has 7 rings (SSSR count). The zero-order chi connectivity index (χ0) is 32.5. The molecule has 2 unspecified atom stereocenters. The number of amides is 1. The number of carbonyl (C=O) groups is 1. The Bertz CT molecular complexity index is 1430. The number of rotatable bonds is 3. The molecule has 1 amide bonds. The van der Waals surface area contributed by atoms with Crippen molar-refractivity contribution in [3.8, 4) is 11.8 Å². The highest BCUT2D eigenvalue weighted by molar-refractivity contribution is 5.67. The van der Waals surface area contributed by atoms with Gasteiger partial charge in [0.15, 0.2) is 6.61 Å². The second-order valence-electron chi connectivity index (χ2n) is 11.2. The van der Waals surface area contributed by atoms with E-state index in [0.717, 1.165) is 30.4 Å². The van der Waals surface area contributed by atoms with E-state index in [4.69, 9.17) is 18.9 Å². The predicted molar refractivity (Wildman–Crippen MR) is 163 cm³/mol. The van der Waals surface area contributed by atoms with E-state index in [1.807, 2.05) is 50.2 Å². The van der Waals surface area contributed by atoms with E-state index < -0.39 is 18.8 Å². The first-order valence-corrected chi connectivity index (χ1v) is 15.2. The van der Waals surface area contributed by atoms with Crippen molar-refractivity contribution in [2.75, 3.05) is 43.5 Å². The smallest absolute Gasteiger partial charge is 0.422 e. The first kappa shape index (κ1) is 33.0. The van der Waals surface area contributed by atoms with Crippen molar-refractivity contribution in [1.29, 1.82) is 0 Å². The molecule has 1 saturated heterocycles. The standard InChI is InChI=1S/C31H38F3N7O5/c1-20(2)45-30(42)41-15-3-4-17-43-24-12-6-21(7-13-24)18-36-27-38-28(40-29(39-27)44-19-31(32,33)34)37-23-10-8-22(9-11-23)25-26(46-25)35-14-5-16-41/h6-13,20,25-26,35H,3-5,14-19H2,1-2H3,(H2,36,37,38,39,40). The fourth-order valence-electron chi connectivity index (χ4n) is 4.67. The van der Waals surface area contributed by atoms with Gasteiger partial charge in [0.25, 0.3) is 0 Å². The van der Waals surface area contributed by atoms with Crippen molar-refractivity contribution in [3.63, 3.8) is 0 Å². The molecule has 3 aromatic rings. The second-order valence-corrected chi connectivity index (χ2v) is 11.2. The number of nitrogens with zero attached hydrogens (tertiary/aromatic N) is 4. The summed E-state index contributed by atoms with van der Waals surface area (Å²) in [5.41, 5.74) is 2.43. The number of ether oxygens (including phenoxy) is 4. The van der Waals surface area contributed by atoms with E-state index in [1.54, 1.807) is 17.0 Å². The number of halogens is 3. The second kappa shape index (κ2) is 15.3. The molecule has 0 spiro atoms. The third kappa shape index (κ3) is 10.3. The molecule has 15 heteroatoms. The monoisotopic (exact) mass is 645 g/mol. The summed E-state index contributed by atoms with van der Waals surface area (Å²) in [5, 5.41) is 9.40. The number of carbonyl (C=O) groups excluding carboxylic acids is 1. The number of alkyl halides is 3. The Morgan fingerprint density at radius 1 is 1.00 bits per heavy atom. The summed E-state index contributed by atoms with van der Waals surface area (Å²) in [6.45, 7) is 4.66. The van der Waals surface area contributed by atoms with Crippen LogP contribution in [0.4, 0.5) is 35.5 Å².